The fourth-order valence-corrected chi connectivity index (χ4v) is 3.42. The summed E-state index contributed by atoms with van der Waals surface area (Å²) in [6.45, 7) is 7.50. The Kier molecular flexibility index (Phi) is 6.53. The van der Waals surface area contributed by atoms with E-state index in [4.69, 9.17) is 14.2 Å². The highest BCUT2D eigenvalue weighted by atomic mass is 16.5. The standard InChI is InChI=1S/C24H28N2O5/c1-14(2)26-23(27)21(16-7-9-17(10-8-16)31-15(3)4)22(24(26)28)25-19-13-18(29-5)11-12-20(19)30-6/h7-15,25H,1-6H3. The minimum absolute atomic E-state index is 0.0361. The zero-order valence-corrected chi connectivity index (χ0v) is 18.7. The van der Waals surface area contributed by atoms with Gasteiger partial charge in [-0.15, -0.1) is 0 Å². The second kappa shape index (κ2) is 9.12. The molecule has 7 nitrogen and oxygen atoms in total. The van der Waals surface area contributed by atoms with Crippen LogP contribution in [0.25, 0.3) is 5.57 Å². The van der Waals surface area contributed by atoms with Gasteiger partial charge in [0.1, 0.15) is 22.9 Å². The van der Waals surface area contributed by atoms with Crippen molar-refractivity contribution < 1.29 is 23.8 Å². The number of ether oxygens (including phenoxy) is 3. The fraction of sp³-hybridized carbons (Fsp3) is 0.333. The van der Waals surface area contributed by atoms with Crippen molar-refractivity contribution in [2.24, 2.45) is 0 Å². The van der Waals surface area contributed by atoms with Gasteiger partial charge in [0.05, 0.1) is 31.6 Å². The highest BCUT2D eigenvalue weighted by Crippen LogP contribution is 2.36. The Bertz CT molecular complexity index is 1010. The van der Waals surface area contributed by atoms with Crippen molar-refractivity contribution in [2.45, 2.75) is 39.8 Å². The number of nitrogens with one attached hydrogen (secondary N) is 1. The molecule has 2 aromatic rings. The predicted octanol–water partition coefficient (Wildman–Crippen LogP) is 4.09. The lowest BCUT2D eigenvalue weighted by atomic mass is 10.0. The molecule has 0 spiro atoms. The van der Waals surface area contributed by atoms with E-state index in [9.17, 15) is 9.59 Å². The second-order valence-corrected chi connectivity index (χ2v) is 7.71. The molecule has 0 unspecified atom stereocenters. The third kappa shape index (κ3) is 4.50. The molecule has 164 valence electrons. The summed E-state index contributed by atoms with van der Waals surface area (Å²) in [4.78, 5) is 27.7. The van der Waals surface area contributed by atoms with Gasteiger partial charge in [0.15, 0.2) is 0 Å². The Morgan fingerprint density at radius 1 is 0.839 bits per heavy atom. The number of amides is 2. The SMILES string of the molecule is COc1ccc(OC)c(NC2=C(c3ccc(OC(C)C)cc3)C(=O)N(C(C)C)C2=O)c1. The molecule has 0 atom stereocenters. The van der Waals surface area contributed by atoms with Gasteiger partial charge in [-0.3, -0.25) is 14.5 Å². The molecule has 1 heterocycles. The van der Waals surface area contributed by atoms with Gasteiger partial charge in [-0.25, -0.2) is 0 Å². The van der Waals surface area contributed by atoms with Gasteiger partial charge in [-0.1, -0.05) is 12.1 Å². The zero-order chi connectivity index (χ0) is 22.7. The van der Waals surface area contributed by atoms with Crippen molar-refractivity contribution in [1.82, 2.24) is 4.90 Å². The fourth-order valence-electron chi connectivity index (χ4n) is 3.42. The summed E-state index contributed by atoms with van der Waals surface area (Å²) in [5.74, 6) is 1.08. The Hall–Kier alpha value is -3.48. The van der Waals surface area contributed by atoms with Gasteiger partial charge >= 0.3 is 0 Å². The summed E-state index contributed by atoms with van der Waals surface area (Å²) >= 11 is 0. The van der Waals surface area contributed by atoms with Crippen LogP contribution in [-0.2, 0) is 9.59 Å². The van der Waals surface area contributed by atoms with Crippen LogP contribution < -0.4 is 19.5 Å². The Morgan fingerprint density at radius 3 is 2.03 bits per heavy atom. The van der Waals surface area contributed by atoms with Crippen LogP contribution in [0, 0.1) is 0 Å². The Balaban J connectivity index is 2.09. The molecule has 31 heavy (non-hydrogen) atoms. The van der Waals surface area contributed by atoms with Gasteiger partial charge in [0, 0.05) is 12.1 Å². The zero-order valence-electron chi connectivity index (χ0n) is 18.7. The van der Waals surface area contributed by atoms with Crippen LogP contribution in [0.4, 0.5) is 5.69 Å². The van der Waals surface area contributed by atoms with E-state index >= 15 is 0 Å². The Morgan fingerprint density at radius 2 is 1.48 bits per heavy atom. The first-order valence-corrected chi connectivity index (χ1v) is 10.1. The first-order valence-electron chi connectivity index (χ1n) is 10.1. The third-order valence-corrected chi connectivity index (χ3v) is 4.81. The molecule has 0 bridgehead atoms. The highest BCUT2D eigenvalue weighted by molar-refractivity contribution is 6.36. The van der Waals surface area contributed by atoms with Crippen LogP contribution in [0.3, 0.4) is 0 Å². The van der Waals surface area contributed by atoms with E-state index in [1.807, 2.05) is 27.7 Å². The monoisotopic (exact) mass is 424 g/mol. The largest absolute Gasteiger partial charge is 0.497 e. The highest BCUT2D eigenvalue weighted by Gasteiger charge is 2.40. The van der Waals surface area contributed by atoms with Crippen LogP contribution in [0.5, 0.6) is 17.2 Å². The van der Waals surface area contributed by atoms with Gasteiger partial charge in [0.25, 0.3) is 11.8 Å². The average molecular weight is 424 g/mol. The maximum atomic E-state index is 13.2. The first-order chi connectivity index (χ1) is 14.8. The molecule has 0 aliphatic carbocycles. The number of benzene rings is 2. The number of hydrogen-bond acceptors (Lipinski definition) is 6. The minimum Gasteiger partial charge on any atom is -0.497 e. The van der Waals surface area contributed by atoms with Crippen molar-refractivity contribution in [2.75, 3.05) is 19.5 Å². The van der Waals surface area contributed by atoms with Gasteiger partial charge < -0.3 is 19.5 Å². The average Bonchev–Trinajstić information content (AvgIpc) is 2.97. The molecular weight excluding hydrogens is 396 g/mol. The van der Waals surface area contributed by atoms with Crippen molar-refractivity contribution in [3.63, 3.8) is 0 Å². The van der Waals surface area contributed by atoms with Crippen LogP contribution in [-0.4, -0.2) is 43.1 Å². The molecule has 0 radical (unpaired) electrons. The van der Waals surface area contributed by atoms with Gasteiger partial charge in [-0.05, 0) is 57.5 Å². The molecule has 1 aliphatic rings. The number of carbonyl (C=O) groups is 2. The first kappa shape index (κ1) is 22.2. The van der Waals surface area contributed by atoms with Crippen molar-refractivity contribution in [1.29, 1.82) is 0 Å². The van der Waals surface area contributed by atoms with E-state index in [1.165, 1.54) is 12.0 Å². The van der Waals surface area contributed by atoms with E-state index in [-0.39, 0.29) is 29.7 Å². The van der Waals surface area contributed by atoms with Crippen LogP contribution in [0.15, 0.2) is 48.2 Å². The number of methoxy groups -OCH3 is 2. The number of hydrogen-bond donors (Lipinski definition) is 1. The number of nitrogens with zero attached hydrogens (tertiary/aromatic N) is 1. The van der Waals surface area contributed by atoms with Crippen molar-refractivity contribution in [3.8, 4) is 17.2 Å². The molecule has 3 rings (SSSR count). The van der Waals surface area contributed by atoms with Gasteiger partial charge in [-0.2, -0.15) is 0 Å². The van der Waals surface area contributed by atoms with E-state index in [1.54, 1.807) is 49.6 Å². The minimum atomic E-state index is -0.387. The molecule has 0 saturated carbocycles. The summed E-state index contributed by atoms with van der Waals surface area (Å²) in [5, 5.41) is 3.13. The quantitative estimate of drug-likeness (QED) is 0.643. The van der Waals surface area contributed by atoms with E-state index in [0.717, 1.165) is 0 Å². The van der Waals surface area contributed by atoms with E-state index in [0.29, 0.717) is 34.1 Å². The summed E-state index contributed by atoms with van der Waals surface area (Å²) in [6, 6.07) is 12.1. The topological polar surface area (TPSA) is 77.1 Å². The molecule has 0 aromatic heterocycles. The summed E-state index contributed by atoms with van der Waals surface area (Å²) in [6.07, 6.45) is 0.0361. The van der Waals surface area contributed by atoms with Crippen LogP contribution in [0.1, 0.15) is 33.3 Å². The predicted molar refractivity (Wildman–Crippen MR) is 119 cm³/mol. The van der Waals surface area contributed by atoms with Crippen molar-refractivity contribution >= 4 is 23.1 Å². The maximum absolute atomic E-state index is 13.2. The van der Waals surface area contributed by atoms with Gasteiger partial charge in [0.2, 0.25) is 0 Å². The molecular formula is C24H28N2O5. The normalized spacial score (nSPS) is 14.0. The molecule has 7 heteroatoms. The van der Waals surface area contributed by atoms with E-state index < -0.39 is 0 Å². The lowest BCUT2D eigenvalue weighted by Gasteiger charge is -2.19. The van der Waals surface area contributed by atoms with Crippen molar-refractivity contribution in [3.05, 3.63) is 53.7 Å². The lowest BCUT2D eigenvalue weighted by molar-refractivity contribution is -0.138. The van der Waals surface area contributed by atoms with Crippen LogP contribution in [0.2, 0.25) is 0 Å². The summed E-state index contributed by atoms with van der Waals surface area (Å²) < 4.78 is 16.4. The number of rotatable bonds is 8. The van der Waals surface area contributed by atoms with E-state index in [2.05, 4.69) is 5.32 Å². The number of anilines is 1. The summed E-state index contributed by atoms with van der Waals surface area (Å²) in [5.41, 5.74) is 1.66. The molecule has 0 saturated heterocycles. The maximum Gasteiger partial charge on any atom is 0.278 e. The lowest BCUT2D eigenvalue weighted by Crippen LogP contribution is -2.38. The second-order valence-electron chi connectivity index (χ2n) is 7.71. The third-order valence-electron chi connectivity index (χ3n) is 4.81. The number of carbonyl (C=O) groups excluding carboxylic acids is 2. The molecule has 2 amide bonds. The number of imide groups is 1. The molecule has 0 fully saturated rings. The molecule has 2 aromatic carbocycles. The summed E-state index contributed by atoms with van der Waals surface area (Å²) in [7, 11) is 3.10. The smallest absolute Gasteiger partial charge is 0.278 e. The molecule has 1 N–H and O–H groups in total. The molecule has 1 aliphatic heterocycles. The van der Waals surface area contributed by atoms with Crippen LogP contribution >= 0.6 is 0 Å². The Labute approximate surface area is 182 Å².